The van der Waals surface area contributed by atoms with E-state index >= 15 is 0 Å². The van der Waals surface area contributed by atoms with Crippen LogP contribution in [0.5, 0.6) is 0 Å². The van der Waals surface area contributed by atoms with Crippen LogP contribution in [-0.2, 0) is 4.79 Å². The quantitative estimate of drug-likeness (QED) is 0.531. The summed E-state index contributed by atoms with van der Waals surface area (Å²) in [7, 11) is 0. The van der Waals surface area contributed by atoms with Crippen LogP contribution in [0.3, 0.4) is 0 Å². The Labute approximate surface area is 133 Å². The molecule has 122 valence electrons. The molecule has 0 saturated carbocycles. The second-order valence-electron chi connectivity index (χ2n) is 5.69. The van der Waals surface area contributed by atoms with Gasteiger partial charge in [0.25, 0.3) is 0 Å². The summed E-state index contributed by atoms with van der Waals surface area (Å²) in [5.41, 5.74) is 2.71. The van der Waals surface area contributed by atoms with E-state index in [0.717, 1.165) is 16.8 Å². The minimum absolute atomic E-state index is 0.190. The Kier molecular flexibility index (Phi) is 4.71. The van der Waals surface area contributed by atoms with Crippen molar-refractivity contribution in [1.29, 1.82) is 0 Å². The van der Waals surface area contributed by atoms with Crippen LogP contribution in [0, 0.1) is 0 Å². The second-order valence-corrected chi connectivity index (χ2v) is 5.69. The topological polar surface area (TPSA) is 110 Å². The van der Waals surface area contributed by atoms with Crippen LogP contribution in [0.1, 0.15) is 18.0 Å². The van der Waals surface area contributed by atoms with Crippen molar-refractivity contribution in [2.75, 3.05) is 13.2 Å². The molecule has 1 aliphatic rings. The third kappa shape index (κ3) is 3.58. The molecule has 3 atom stereocenters. The van der Waals surface area contributed by atoms with Crippen molar-refractivity contribution in [3.8, 4) is 11.3 Å². The molecule has 7 nitrogen and oxygen atoms in total. The fourth-order valence-electron chi connectivity index (χ4n) is 2.74. The van der Waals surface area contributed by atoms with Crippen molar-refractivity contribution in [3.05, 3.63) is 42.1 Å². The van der Waals surface area contributed by atoms with E-state index in [1.165, 1.54) is 0 Å². The molecule has 1 aliphatic heterocycles. The molecule has 1 amide bonds. The maximum atomic E-state index is 12.2. The number of benzene rings is 1. The number of β-amino-alcohol motifs (C(OH)–C–C–N with tert-alkyl or cyclic N) is 1. The minimum Gasteiger partial charge on any atom is -0.394 e. The third-order valence-electron chi connectivity index (χ3n) is 4.05. The predicted octanol–water partition coefficient (Wildman–Crippen LogP) is -0.0509. The molecule has 0 bridgehead atoms. The number of aromatic amines is 1. The summed E-state index contributed by atoms with van der Waals surface area (Å²) in [6.45, 7) is 0.227. The first kappa shape index (κ1) is 15.7. The number of carbonyl (C=O) groups excluding carboxylic acids is 1. The van der Waals surface area contributed by atoms with E-state index in [0.29, 0.717) is 13.0 Å². The van der Waals surface area contributed by atoms with Crippen LogP contribution in [0.2, 0.25) is 0 Å². The molecule has 2 heterocycles. The fourth-order valence-corrected chi connectivity index (χ4v) is 2.74. The molecule has 1 fully saturated rings. The number of aromatic nitrogens is 2. The van der Waals surface area contributed by atoms with Crippen LogP contribution in [-0.4, -0.2) is 51.6 Å². The lowest BCUT2D eigenvalue weighted by Crippen LogP contribution is -2.42. The molecule has 23 heavy (non-hydrogen) atoms. The first-order valence-corrected chi connectivity index (χ1v) is 7.59. The zero-order chi connectivity index (χ0) is 16.2. The summed E-state index contributed by atoms with van der Waals surface area (Å²) in [5, 5.41) is 31.6. The Balaban J connectivity index is 1.67. The average molecular weight is 316 g/mol. The van der Waals surface area contributed by atoms with E-state index < -0.39 is 18.2 Å². The minimum atomic E-state index is -0.494. The first-order chi connectivity index (χ1) is 11.2. The molecular formula is C16H20N4O3. The van der Waals surface area contributed by atoms with Gasteiger partial charge < -0.3 is 20.8 Å². The highest BCUT2D eigenvalue weighted by atomic mass is 16.3. The normalized spacial score (nSPS) is 22.0. The molecule has 0 spiro atoms. The highest BCUT2D eigenvalue weighted by Crippen LogP contribution is 2.20. The number of hydrogen-bond donors (Lipinski definition) is 5. The lowest BCUT2D eigenvalue weighted by atomic mass is 10.0. The van der Waals surface area contributed by atoms with Crippen LogP contribution in [0.4, 0.5) is 0 Å². The lowest BCUT2D eigenvalue weighted by molar-refractivity contribution is -0.124. The smallest absolute Gasteiger partial charge is 0.237 e. The van der Waals surface area contributed by atoms with E-state index in [2.05, 4.69) is 20.8 Å². The number of aliphatic hydroxyl groups excluding tert-OH is 2. The molecule has 5 N–H and O–H groups in total. The fraction of sp³-hybridized carbons (Fsp3) is 0.375. The second kappa shape index (κ2) is 6.91. The molecule has 1 aromatic carbocycles. The molecule has 3 rings (SSSR count). The molecule has 7 heteroatoms. The Bertz CT molecular complexity index is 642. The largest absolute Gasteiger partial charge is 0.394 e. The summed E-state index contributed by atoms with van der Waals surface area (Å²) in [6.07, 6.45) is 1.58. The summed E-state index contributed by atoms with van der Waals surface area (Å²) in [6, 6.07) is 8.55. The van der Waals surface area contributed by atoms with Crippen molar-refractivity contribution in [2.45, 2.75) is 24.6 Å². The van der Waals surface area contributed by atoms with Crippen molar-refractivity contribution in [1.82, 2.24) is 20.8 Å². The van der Waals surface area contributed by atoms with Gasteiger partial charge in [-0.15, -0.1) is 0 Å². The van der Waals surface area contributed by atoms with Crippen LogP contribution >= 0.6 is 0 Å². The molecule has 1 saturated heterocycles. The van der Waals surface area contributed by atoms with Crippen molar-refractivity contribution in [2.24, 2.45) is 0 Å². The summed E-state index contributed by atoms with van der Waals surface area (Å²) in [4.78, 5) is 12.2. The van der Waals surface area contributed by atoms with Crippen LogP contribution in [0.25, 0.3) is 11.3 Å². The van der Waals surface area contributed by atoms with Gasteiger partial charge in [0, 0.05) is 12.7 Å². The number of nitrogens with one attached hydrogen (secondary N) is 3. The average Bonchev–Trinajstić information content (AvgIpc) is 3.24. The van der Waals surface area contributed by atoms with Crippen LogP contribution < -0.4 is 10.6 Å². The van der Waals surface area contributed by atoms with Gasteiger partial charge in [0.15, 0.2) is 0 Å². The zero-order valence-corrected chi connectivity index (χ0v) is 12.6. The molecule has 0 aliphatic carbocycles. The van der Waals surface area contributed by atoms with Gasteiger partial charge >= 0.3 is 0 Å². The van der Waals surface area contributed by atoms with Gasteiger partial charge in [-0.3, -0.25) is 9.89 Å². The summed E-state index contributed by atoms with van der Waals surface area (Å²) in [5.74, 6) is -0.210. The van der Waals surface area contributed by atoms with E-state index in [-0.39, 0.29) is 12.5 Å². The highest BCUT2D eigenvalue weighted by molar-refractivity contribution is 5.82. The number of nitrogens with zero attached hydrogens (tertiary/aromatic N) is 1. The van der Waals surface area contributed by atoms with E-state index in [1.54, 1.807) is 6.20 Å². The van der Waals surface area contributed by atoms with Gasteiger partial charge in [0.2, 0.25) is 5.91 Å². The van der Waals surface area contributed by atoms with Gasteiger partial charge in [-0.1, -0.05) is 24.3 Å². The standard InChI is InChI=1S/C16H20N4O3/c21-9-15(19-16(23)14-7-12(22)8-17-14)11-3-1-10(2-4-11)13-5-6-18-20-13/h1-6,12,14-15,17,21-22H,7-9H2,(H,18,20)(H,19,23)/t12-,14+,15+/m1/s1. The molecule has 1 aromatic heterocycles. The van der Waals surface area contributed by atoms with E-state index in [1.807, 2.05) is 30.3 Å². The van der Waals surface area contributed by atoms with Gasteiger partial charge in [0.1, 0.15) is 0 Å². The first-order valence-electron chi connectivity index (χ1n) is 7.59. The van der Waals surface area contributed by atoms with Gasteiger partial charge in [-0.05, 0) is 23.6 Å². The van der Waals surface area contributed by atoms with Crippen molar-refractivity contribution >= 4 is 5.91 Å². The van der Waals surface area contributed by atoms with Gasteiger partial charge in [-0.2, -0.15) is 5.10 Å². The van der Waals surface area contributed by atoms with E-state index in [4.69, 9.17) is 0 Å². The predicted molar refractivity (Wildman–Crippen MR) is 84.4 cm³/mol. The van der Waals surface area contributed by atoms with Crippen molar-refractivity contribution < 1.29 is 15.0 Å². The van der Waals surface area contributed by atoms with Crippen molar-refractivity contribution in [3.63, 3.8) is 0 Å². The zero-order valence-electron chi connectivity index (χ0n) is 12.6. The number of rotatable bonds is 5. The van der Waals surface area contributed by atoms with Gasteiger partial charge in [-0.25, -0.2) is 0 Å². The summed E-state index contributed by atoms with van der Waals surface area (Å²) < 4.78 is 0. The molecule has 2 aromatic rings. The Morgan fingerprint density at radius 2 is 2.13 bits per heavy atom. The SMILES string of the molecule is O=C(N[C@@H](CO)c1ccc(-c2ccn[nH]2)cc1)[C@@H]1C[C@@H](O)CN1. The lowest BCUT2D eigenvalue weighted by Gasteiger charge is -2.19. The maximum Gasteiger partial charge on any atom is 0.237 e. The monoisotopic (exact) mass is 316 g/mol. The number of carbonyl (C=O) groups is 1. The Morgan fingerprint density at radius 1 is 1.35 bits per heavy atom. The number of amides is 1. The Hall–Kier alpha value is -2.22. The van der Waals surface area contributed by atoms with Gasteiger partial charge in [0.05, 0.1) is 30.5 Å². The highest BCUT2D eigenvalue weighted by Gasteiger charge is 2.29. The maximum absolute atomic E-state index is 12.2. The molecular weight excluding hydrogens is 296 g/mol. The summed E-state index contributed by atoms with van der Waals surface area (Å²) >= 11 is 0. The molecule has 0 unspecified atom stereocenters. The van der Waals surface area contributed by atoms with Crippen LogP contribution in [0.15, 0.2) is 36.5 Å². The number of aliphatic hydroxyl groups is 2. The third-order valence-corrected chi connectivity index (χ3v) is 4.05. The Morgan fingerprint density at radius 3 is 2.70 bits per heavy atom. The molecule has 0 radical (unpaired) electrons. The van der Waals surface area contributed by atoms with E-state index in [9.17, 15) is 15.0 Å². The number of hydrogen-bond acceptors (Lipinski definition) is 5. The number of H-pyrrole nitrogens is 1.